The maximum Gasteiger partial charge on any atom is 0.329 e. The Bertz CT molecular complexity index is 638. The summed E-state index contributed by atoms with van der Waals surface area (Å²) in [5.41, 5.74) is 0.690. The second-order valence-corrected chi connectivity index (χ2v) is 5.88. The molecule has 0 atom stereocenters. The van der Waals surface area contributed by atoms with E-state index >= 15 is 0 Å². The van der Waals surface area contributed by atoms with Crippen molar-refractivity contribution in [3.63, 3.8) is 0 Å². The average molecular weight is 312 g/mol. The van der Waals surface area contributed by atoms with Gasteiger partial charge in [-0.25, -0.2) is 17.9 Å². The van der Waals surface area contributed by atoms with E-state index in [1.54, 1.807) is 35.1 Å². The molecule has 21 heavy (non-hydrogen) atoms. The number of allylic oxidation sites excluding steroid dienone is 1. The summed E-state index contributed by atoms with van der Waals surface area (Å²) in [5.74, 6) is -0.681. The second-order valence-electron chi connectivity index (χ2n) is 4.03. The highest BCUT2D eigenvalue weighted by molar-refractivity contribution is 7.94. The van der Waals surface area contributed by atoms with Crippen molar-refractivity contribution in [3.8, 4) is 0 Å². The van der Waals surface area contributed by atoms with E-state index in [1.807, 2.05) is 0 Å². The Morgan fingerprint density at radius 1 is 1.24 bits per heavy atom. The van der Waals surface area contributed by atoms with E-state index in [0.29, 0.717) is 5.56 Å². The molecular formula is C13H16N2O5S. The van der Waals surface area contributed by atoms with Crippen LogP contribution in [0.2, 0.25) is 0 Å². The largest absolute Gasteiger partial charge is 0.468 e. The van der Waals surface area contributed by atoms with E-state index in [1.165, 1.54) is 13.0 Å². The zero-order chi connectivity index (χ0) is 15.9. The van der Waals surface area contributed by atoms with Crippen LogP contribution in [0.25, 0.3) is 6.08 Å². The molecule has 1 rings (SSSR count). The maximum absolute atomic E-state index is 11.9. The fourth-order valence-electron chi connectivity index (χ4n) is 1.32. The Kier molecular flexibility index (Phi) is 5.92. The monoisotopic (exact) mass is 312 g/mol. The van der Waals surface area contributed by atoms with Crippen LogP contribution in [0, 0.1) is 0 Å². The van der Waals surface area contributed by atoms with Gasteiger partial charge in [-0.2, -0.15) is 0 Å². The first-order chi connectivity index (χ1) is 9.85. The van der Waals surface area contributed by atoms with Crippen LogP contribution in [0.5, 0.6) is 0 Å². The highest BCUT2D eigenvalue weighted by atomic mass is 32.2. The quantitative estimate of drug-likeness (QED) is 0.785. The molecule has 0 aromatic heterocycles. The highest BCUT2D eigenvalue weighted by Gasteiger charge is 2.17. The molecule has 0 unspecified atom stereocenters. The summed E-state index contributed by atoms with van der Waals surface area (Å²) in [6.45, 7) is 0.947. The standard InChI is InChI=1S/C13H16N2O5S/c1-10(8-11-6-4-3-5-7-11)21(18,19)15-13(17)14-9-12(16)20-2/h3-8H,9H2,1-2H3,(H2,14,15,17)/b10-8+. The summed E-state index contributed by atoms with van der Waals surface area (Å²) >= 11 is 0. The van der Waals surface area contributed by atoms with E-state index in [4.69, 9.17) is 0 Å². The Morgan fingerprint density at radius 3 is 2.43 bits per heavy atom. The van der Waals surface area contributed by atoms with E-state index in [9.17, 15) is 18.0 Å². The van der Waals surface area contributed by atoms with Gasteiger partial charge in [0.15, 0.2) is 0 Å². The van der Waals surface area contributed by atoms with Gasteiger partial charge >= 0.3 is 12.0 Å². The number of hydrogen-bond donors (Lipinski definition) is 2. The van der Waals surface area contributed by atoms with Crippen LogP contribution in [-0.2, 0) is 19.6 Å². The molecule has 1 aromatic carbocycles. The number of esters is 1. The van der Waals surface area contributed by atoms with Gasteiger partial charge in [-0.1, -0.05) is 30.3 Å². The fourth-order valence-corrected chi connectivity index (χ4v) is 2.09. The highest BCUT2D eigenvalue weighted by Crippen LogP contribution is 2.10. The first kappa shape index (κ1) is 16.7. The lowest BCUT2D eigenvalue weighted by atomic mass is 10.2. The third-order valence-corrected chi connectivity index (χ3v) is 3.86. The molecular weight excluding hydrogens is 296 g/mol. The zero-order valence-corrected chi connectivity index (χ0v) is 12.4. The average Bonchev–Trinajstić information content (AvgIpc) is 2.45. The number of nitrogens with one attached hydrogen (secondary N) is 2. The smallest absolute Gasteiger partial charge is 0.329 e. The number of ether oxygens (including phenoxy) is 1. The Morgan fingerprint density at radius 2 is 1.86 bits per heavy atom. The predicted octanol–water partition coefficient (Wildman–Crippen LogP) is 0.849. The fraction of sp³-hybridized carbons (Fsp3) is 0.231. The molecule has 0 saturated carbocycles. The van der Waals surface area contributed by atoms with Crippen LogP contribution in [0.3, 0.4) is 0 Å². The van der Waals surface area contributed by atoms with Crippen molar-refractivity contribution in [2.45, 2.75) is 6.92 Å². The van der Waals surface area contributed by atoms with Crippen molar-refractivity contribution in [1.29, 1.82) is 0 Å². The number of carbonyl (C=O) groups excluding carboxylic acids is 2. The number of carbonyl (C=O) groups is 2. The topological polar surface area (TPSA) is 102 Å². The third-order valence-electron chi connectivity index (χ3n) is 2.44. The second kappa shape index (κ2) is 7.44. The van der Waals surface area contributed by atoms with Crippen LogP contribution < -0.4 is 10.0 Å². The number of benzene rings is 1. The van der Waals surface area contributed by atoms with Gasteiger partial charge in [0, 0.05) is 0 Å². The molecule has 0 spiro atoms. The number of urea groups is 1. The molecule has 0 heterocycles. The molecule has 0 bridgehead atoms. The Hall–Kier alpha value is -2.35. The van der Waals surface area contributed by atoms with Gasteiger partial charge in [0.25, 0.3) is 10.0 Å². The lowest BCUT2D eigenvalue weighted by Crippen LogP contribution is -2.41. The van der Waals surface area contributed by atoms with Crippen molar-refractivity contribution < 1.29 is 22.7 Å². The molecule has 0 aliphatic carbocycles. The van der Waals surface area contributed by atoms with Gasteiger partial charge in [-0.15, -0.1) is 0 Å². The van der Waals surface area contributed by atoms with E-state index in [-0.39, 0.29) is 4.91 Å². The summed E-state index contributed by atoms with van der Waals surface area (Å²) in [4.78, 5) is 22.2. The van der Waals surface area contributed by atoms with Gasteiger partial charge < -0.3 is 10.1 Å². The van der Waals surface area contributed by atoms with Gasteiger partial charge in [0.2, 0.25) is 0 Å². The molecule has 2 N–H and O–H groups in total. The van der Waals surface area contributed by atoms with Crippen molar-refractivity contribution in [1.82, 2.24) is 10.0 Å². The van der Waals surface area contributed by atoms with Gasteiger partial charge in [0.05, 0.1) is 12.0 Å². The predicted molar refractivity (Wildman–Crippen MR) is 77.6 cm³/mol. The SMILES string of the molecule is COC(=O)CNC(=O)NS(=O)(=O)/C(C)=C/c1ccccc1. The van der Waals surface area contributed by atoms with Crippen molar-refractivity contribution in [2.24, 2.45) is 0 Å². The number of hydrogen-bond acceptors (Lipinski definition) is 5. The summed E-state index contributed by atoms with van der Waals surface area (Å²) < 4.78 is 29.9. The maximum atomic E-state index is 11.9. The summed E-state index contributed by atoms with van der Waals surface area (Å²) in [6.07, 6.45) is 1.43. The molecule has 7 nitrogen and oxygen atoms in total. The van der Waals surface area contributed by atoms with Crippen LogP contribution >= 0.6 is 0 Å². The van der Waals surface area contributed by atoms with Crippen molar-refractivity contribution in [3.05, 3.63) is 40.8 Å². The van der Waals surface area contributed by atoms with Crippen LogP contribution in [0.4, 0.5) is 4.79 Å². The van der Waals surface area contributed by atoms with Crippen molar-refractivity contribution in [2.75, 3.05) is 13.7 Å². The lowest BCUT2D eigenvalue weighted by Gasteiger charge is -2.08. The molecule has 0 saturated heterocycles. The minimum absolute atomic E-state index is 0.0260. The van der Waals surface area contributed by atoms with Crippen molar-refractivity contribution >= 4 is 28.1 Å². The lowest BCUT2D eigenvalue weighted by molar-refractivity contribution is -0.139. The third kappa shape index (κ3) is 5.65. The van der Waals surface area contributed by atoms with Gasteiger partial charge in [-0.05, 0) is 18.6 Å². The minimum atomic E-state index is -3.97. The summed E-state index contributed by atoms with van der Waals surface area (Å²) in [6, 6.07) is 7.80. The molecule has 114 valence electrons. The van der Waals surface area contributed by atoms with Crippen LogP contribution in [0.15, 0.2) is 35.2 Å². The van der Waals surface area contributed by atoms with E-state index in [0.717, 1.165) is 7.11 Å². The number of sulfonamides is 1. The normalized spacial score (nSPS) is 11.6. The molecule has 0 fully saturated rings. The molecule has 2 amide bonds. The first-order valence-corrected chi connectivity index (χ1v) is 7.44. The number of rotatable bonds is 5. The zero-order valence-electron chi connectivity index (χ0n) is 11.6. The number of methoxy groups -OCH3 is 1. The summed E-state index contributed by atoms with van der Waals surface area (Å²) in [5, 5.41) is 2.08. The molecule has 0 aliphatic rings. The van der Waals surface area contributed by atoms with E-state index < -0.39 is 28.6 Å². The molecule has 0 aliphatic heterocycles. The van der Waals surface area contributed by atoms with Gasteiger partial charge in [0.1, 0.15) is 6.54 Å². The molecule has 8 heteroatoms. The minimum Gasteiger partial charge on any atom is -0.468 e. The van der Waals surface area contributed by atoms with Crippen LogP contribution in [-0.4, -0.2) is 34.1 Å². The Balaban J connectivity index is 2.70. The van der Waals surface area contributed by atoms with Crippen LogP contribution in [0.1, 0.15) is 12.5 Å². The molecule has 0 radical (unpaired) electrons. The summed E-state index contributed by atoms with van der Waals surface area (Å²) in [7, 11) is -2.81. The number of amides is 2. The molecule has 1 aromatic rings. The first-order valence-electron chi connectivity index (χ1n) is 5.96. The van der Waals surface area contributed by atoms with Gasteiger partial charge in [-0.3, -0.25) is 4.79 Å². The van der Waals surface area contributed by atoms with E-state index in [2.05, 4.69) is 10.1 Å². The Labute approximate surface area is 123 Å².